The highest BCUT2D eigenvalue weighted by atomic mass is 19.4. The van der Waals surface area contributed by atoms with Crippen LogP contribution in [0.1, 0.15) is 21.6 Å². The second kappa shape index (κ2) is 6.49. The lowest BCUT2D eigenvalue weighted by Crippen LogP contribution is -2.14. The first kappa shape index (κ1) is 17.1. The molecule has 0 aliphatic rings. The Labute approximate surface area is 132 Å². The summed E-state index contributed by atoms with van der Waals surface area (Å²) in [4.78, 5) is 11.6. The molecule has 0 amide bonds. The van der Waals surface area contributed by atoms with Gasteiger partial charge in [-0.1, -0.05) is 0 Å². The van der Waals surface area contributed by atoms with Crippen molar-refractivity contribution in [3.8, 4) is 17.7 Å². The molecule has 6 nitrogen and oxygen atoms in total. The molecule has 1 aromatic carbocycles. The van der Waals surface area contributed by atoms with E-state index in [0.29, 0.717) is 6.07 Å². The van der Waals surface area contributed by atoms with E-state index in [0.717, 1.165) is 19.2 Å². The van der Waals surface area contributed by atoms with Crippen LogP contribution in [-0.4, -0.2) is 23.3 Å². The summed E-state index contributed by atoms with van der Waals surface area (Å²) in [6, 6.07) is 5.22. The van der Waals surface area contributed by atoms with E-state index < -0.39 is 40.8 Å². The molecule has 2 aromatic rings. The molecule has 0 radical (unpaired) electrons. The molecular weight excluding hydrogens is 334 g/mol. The number of ether oxygens (including phenoxy) is 2. The Hall–Kier alpha value is -3.22. The molecule has 0 fully saturated rings. The van der Waals surface area contributed by atoms with Crippen molar-refractivity contribution in [3.63, 3.8) is 0 Å². The van der Waals surface area contributed by atoms with Crippen LogP contribution in [0, 0.1) is 17.1 Å². The van der Waals surface area contributed by atoms with Crippen LogP contribution in [0.25, 0.3) is 0 Å². The zero-order valence-corrected chi connectivity index (χ0v) is 11.9. The number of benzene rings is 1. The van der Waals surface area contributed by atoms with Gasteiger partial charge in [-0.05, 0) is 24.3 Å². The first-order chi connectivity index (χ1) is 11.3. The van der Waals surface area contributed by atoms with Crippen molar-refractivity contribution in [1.82, 2.24) is 10.2 Å². The zero-order chi connectivity index (χ0) is 17.9. The van der Waals surface area contributed by atoms with E-state index >= 15 is 0 Å². The van der Waals surface area contributed by atoms with Gasteiger partial charge in [-0.15, -0.1) is 10.2 Å². The van der Waals surface area contributed by atoms with E-state index in [4.69, 9.17) is 10.00 Å². The number of aromatic nitrogens is 2. The SMILES string of the molecule is COC(=O)c1cc(C(F)(F)F)nnc1Oc1ccc(C#N)cc1F. The highest BCUT2D eigenvalue weighted by Crippen LogP contribution is 2.32. The van der Waals surface area contributed by atoms with Crippen LogP contribution in [0.4, 0.5) is 17.6 Å². The molecule has 0 spiro atoms. The van der Waals surface area contributed by atoms with Gasteiger partial charge in [0.1, 0.15) is 5.56 Å². The van der Waals surface area contributed by atoms with E-state index in [1.165, 1.54) is 6.07 Å². The van der Waals surface area contributed by atoms with Crippen LogP contribution >= 0.6 is 0 Å². The minimum Gasteiger partial charge on any atom is -0.465 e. The van der Waals surface area contributed by atoms with E-state index in [9.17, 15) is 22.4 Å². The Morgan fingerprint density at radius 3 is 2.50 bits per heavy atom. The van der Waals surface area contributed by atoms with Gasteiger partial charge in [-0.3, -0.25) is 0 Å². The van der Waals surface area contributed by atoms with E-state index in [2.05, 4.69) is 14.9 Å². The highest BCUT2D eigenvalue weighted by molar-refractivity contribution is 5.91. The third-order valence-electron chi connectivity index (χ3n) is 2.72. The summed E-state index contributed by atoms with van der Waals surface area (Å²) in [5, 5.41) is 14.7. The van der Waals surface area contributed by atoms with Crippen LogP contribution in [0.2, 0.25) is 0 Å². The molecule has 0 aliphatic carbocycles. The fourth-order valence-electron chi connectivity index (χ4n) is 1.61. The standard InChI is InChI=1S/C14H7F4N3O3/c1-23-13(22)8-5-11(14(16,17)18)20-21-12(8)24-10-3-2-7(6-19)4-9(10)15/h2-5H,1H3. The van der Waals surface area contributed by atoms with E-state index in [1.807, 2.05) is 0 Å². The second-order valence-corrected chi connectivity index (χ2v) is 4.30. The Morgan fingerprint density at radius 2 is 1.96 bits per heavy atom. The number of esters is 1. The van der Waals surface area contributed by atoms with Gasteiger partial charge < -0.3 is 9.47 Å². The first-order valence-electron chi connectivity index (χ1n) is 6.17. The van der Waals surface area contributed by atoms with Gasteiger partial charge >= 0.3 is 12.1 Å². The molecule has 0 unspecified atom stereocenters. The van der Waals surface area contributed by atoms with Crippen molar-refractivity contribution < 1.29 is 31.8 Å². The van der Waals surface area contributed by atoms with Crippen LogP contribution in [-0.2, 0) is 10.9 Å². The minimum absolute atomic E-state index is 0.00606. The van der Waals surface area contributed by atoms with Gasteiger partial charge in [-0.2, -0.15) is 18.4 Å². The molecule has 0 aliphatic heterocycles. The number of methoxy groups -OCH3 is 1. The normalized spacial score (nSPS) is 10.8. The number of nitrogens with zero attached hydrogens (tertiary/aromatic N) is 3. The lowest BCUT2D eigenvalue weighted by atomic mass is 10.2. The molecule has 24 heavy (non-hydrogen) atoms. The Kier molecular flexibility index (Phi) is 4.64. The number of alkyl halides is 3. The van der Waals surface area contributed by atoms with Crippen LogP contribution in [0.15, 0.2) is 24.3 Å². The lowest BCUT2D eigenvalue weighted by Gasteiger charge is -2.11. The zero-order valence-electron chi connectivity index (χ0n) is 11.9. The smallest absolute Gasteiger partial charge is 0.435 e. The minimum atomic E-state index is -4.84. The molecule has 0 saturated carbocycles. The second-order valence-electron chi connectivity index (χ2n) is 4.30. The van der Waals surface area contributed by atoms with Crippen molar-refractivity contribution in [1.29, 1.82) is 5.26 Å². The van der Waals surface area contributed by atoms with Gasteiger partial charge in [0.2, 0.25) is 0 Å². The van der Waals surface area contributed by atoms with Gasteiger partial charge in [-0.25, -0.2) is 9.18 Å². The molecular formula is C14H7F4N3O3. The molecule has 124 valence electrons. The fraction of sp³-hybridized carbons (Fsp3) is 0.143. The number of halogens is 4. The fourth-order valence-corrected chi connectivity index (χ4v) is 1.61. The van der Waals surface area contributed by atoms with Crippen molar-refractivity contribution in [2.24, 2.45) is 0 Å². The average Bonchev–Trinajstić information content (AvgIpc) is 2.55. The monoisotopic (exact) mass is 341 g/mol. The largest absolute Gasteiger partial charge is 0.465 e. The quantitative estimate of drug-likeness (QED) is 0.630. The van der Waals surface area contributed by atoms with Gasteiger partial charge in [0.15, 0.2) is 17.3 Å². The molecule has 1 aromatic heterocycles. The van der Waals surface area contributed by atoms with Crippen molar-refractivity contribution in [3.05, 3.63) is 46.9 Å². The molecule has 2 rings (SSSR count). The highest BCUT2D eigenvalue weighted by Gasteiger charge is 2.35. The van der Waals surface area contributed by atoms with E-state index in [-0.39, 0.29) is 5.56 Å². The summed E-state index contributed by atoms with van der Waals surface area (Å²) in [6.07, 6.45) is -4.84. The number of carbonyl (C=O) groups excluding carboxylic acids is 1. The summed E-state index contributed by atoms with van der Waals surface area (Å²) in [5.41, 5.74) is -2.11. The first-order valence-corrected chi connectivity index (χ1v) is 6.17. The van der Waals surface area contributed by atoms with Gasteiger partial charge in [0.25, 0.3) is 5.88 Å². The van der Waals surface area contributed by atoms with Crippen molar-refractivity contribution in [2.75, 3.05) is 7.11 Å². The Morgan fingerprint density at radius 1 is 1.25 bits per heavy atom. The summed E-state index contributed by atoms with van der Waals surface area (Å²) < 4.78 is 61.1. The number of nitriles is 1. The Balaban J connectivity index is 2.46. The predicted molar refractivity (Wildman–Crippen MR) is 69.6 cm³/mol. The lowest BCUT2D eigenvalue weighted by molar-refractivity contribution is -0.141. The molecule has 10 heteroatoms. The topological polar surface area (TPSA) is 85.1 Å². The maximum Gasteiger partial charge on any atom is 0.435 e. The number of carbonyl (C=O) groups is 1. The summed E-state index contributed by atoms with van der Waals surface area (Å²) in [5.74, 6) is -3.25. The Bertz CT molecular complexity index is 831. The molecule has 1 heterocycles. The molecule has 0 saturated heterocycles. The van der Waals surface area contributed by atoms with Gasteiger partial charge in [0.05, 0.1) is 18.7 Å². The maximum absolute atomic E-state index is 13.8. The van der Waals surface area contributed by atoms with Crippen molar-refractivity contribution >= 4 is 5.97 Å². The van der Waals surface area contributed by atoms with E-state index in [1.54, 1.807) is 6.07 Å². The average molecular weight is 341 g/mol. The summed E-state index contributed by atoms with van der Waals surface area (Å²) >= 11 is 0. The number of hydrogen-bond donors (Lipinski definition) is 0. The molecule has 0 atom stereocenters. The van der Waals surface area contributed by atoms with Gasteiger partial charge in [0, 0.05) is 0 Å². The third-order valence-corrected chi connectivity index (χ3v) is 2.72. The van der Waals surface area contributed by atoms with Crippen molar-refractivity contribution in [2.45, 2.75) is 6.18 Å². The molecule has 0 bridgehead atoms. The van der Waals surface area contributed by atoms with Crippen LogP contribution in [0.3, 0.4) is 0 Å². The molecule has 0 N–H and O–H groups in total. The number of rotatable bonds is 3. The summed E-state index contributed by atoms with van der Waals surface area (Å²) in [6.45, 7) is 0. The van der Waals surface area contributed by atoms with Crippen LogP contribution < -0.4 is 4.74 Å². The predicted octanol–water partition coefficient (Wildman–Crippen LogP) is 3.09. The summed E-state index contributed by atoms with van der Waals surface area (Å²) in [7, 11) is 0.947. The maximum atomic E-state index is 13.8. The third kappa shape index (κ3) is 3.57. The van der Waals surface area contributed by atoms with Crippen LogP contribution in [0.5, 0.6) is 11.6 Å². The number of hydrogen-bond acceptors (Lipinski definition) is 6.